The summed E-state index contributed by atoms with van der Waals surface area (Å²) in [5, 5.41) is 9.17. The smallest absolute Gasteiger partial charge is 0.352 e. The molecule has 0 spiro atoms. The SMILES string of the molecule is O=C1C(Cl)=C(Cl)C(=O)C2(Cl)C(c3cccc(O)c3)C3=CCn4c(=O)n(-c5ccccc5)c(=O)n4C3CC12Cl. The molecule has 4 unspecified atom stereocenters. The average Bonchev–Trinajstić information content (AvgIpc) is 3.17. The second-order valence-electron chi connectivity index (χ2n) is 9.41. The summed E-state index contributed by atoms with van der Waals surface area (Å²) >= 11 is 26.5. The summed E-state index contributed by atoms with van der Waals surface area (Å²) < 4.78 is 3.53. The number of aromatic hydroxyl groups is 1. The number of phenols is 1. The molecule has 0 radical (unpaired) electrons. The Morgan fingerprint density at radius 1 is 0.868 bits per heavy atom. The van der Waals surface area contributed by atoms with Crippen LogP contribution in [0.1, 0.15) is 23.9 Å². The first kappa shape index (κ1) is 25.2. The molecule has 2 aliphatic carbocycles. The van der Waals surface area contributed by atoms with Crippen molar-refractivity contribution in [1.29, 1.82) is 0 Å². The fraction of sp³-hybridized carbons (Fsp3) is 0.231. The van der Waals surface area contributed by atoms with Gasteiger partial charge in [0.25, 0.3) is 0 Å². The van der Waals surface area contributed by atoms with E-state index in [2.05, 4.69) is 0 Å². The van der Waals surface area contributed by atoms with Crippen molar-refractivity contribution in [1.82, 2.24) is 13.9 Å². The van der Waals surface area contributed by atoms with Crippen molar-refractivity contribution in [3.05, 3.63) is 103 Å². The molecule has 194 valence electrons. The summed E-state index contributed by atoms with van der Waals surface area (Å²) in [5.41, 5.74) is -0.00617. The first-order valence-corrected chi connectivity index (χ1v) is 13.0. The van der Waals surface area contributed by atoms with E-state index >= 15 is 0 Å². The molecule has 1 aromatic heterocycles. The summed E-state index contributed by atoms with van der Waals surface area (Å²) in [6.07, 6.45) is 1.38. The second kappa shape index (κ2) is 8.48. The van der Waals surface area contributed by atoms with Gasteiger partial charge in [-0.25, -0.2) is 23.5 Å². The van der Waals surface area contributed by atoms with E-state index in [9.17, 15) is 24.3 Å². The number of ketones is 2. The maximum absolute atomic E-state index is 13.7. The highest BCUT2D eigenvalue weighted by molar-refractivity contribution is 6.66. The third kappa shape index (κ3) is 3.12. The van der Waals surface area contributed by atoms with E-state index in [-0.39, 0.29) is 18.7 Å². The Hall–Kier alpha value is -3.04. The predicted octanol–water partition coefficient (Wildman–Crippen LogP) is 3.97. The van der Waals surface area contributed by atoms with Crippen LogP contribution in [0, 0.1) is 0 Å². The number of para-hydroxylation sites is 1. The van der Waals surface area contributed by atoms with E-state index in [0.29, 0.717) is 16.8 Å². The number of hydrogen-bond acceptors (Lipinski definition) is 5. The summed E-state index contributed by atoms with van der Waals surface area (Å²) in [6, 6.07) is 13.5. The lowest BCUT2D eigenvalue weighted by molar-refractivity contribution is -0.128. The van der Waals surface area contributed by atoms with E-state index in [0.717, 1.165) is 4.57 Å². The molecule has 1 fully saturated rings. The number of Topliss-reactive ketones (excluding diaryl/α,β-unsaturated/α-hetero) is 2. The summed E-state index contributed by atoms with van der Waals surface area (Å²) in [6.45, 7) is -0.0101. The molecule has 1 N–H and O–H groups in total. The number of fused-ring (bicyclic) bond motifs is 4. The minimum Gasteiger partial charge on any atom is -0.508 e. The van der Waals surface area contributed by atoms with Gasteiger partial charge < -0.3 is 5.11 Å². The first-order valence-electron chi connectivity index (χ1n) is 11.5. The van der Waals surface area contributed by atoms with Gasteiger partial charge >= 0.3 is 11.4 Å². The van der Waals surface area contributed by atoms with Gasteiger partial charge in [0.1, 0.15) is 25.6 Å². The van der Waals surface area contributed by atoms with Crippen molar-refractivity contribution < 1.29 is 14.7 Å². The quantitative estimate of drug-likeness (QED) is 0.358. The number of carbonyl (C=O) groups is 2. The van der Waals surface area contributed by atoms with Crippen LogP contribution in [0.15, 0.2) is 85.9 Å². The Kier molecular flexibility index (Phi) is 5.63. The van der Waals surface area contributed by atoms with Gasteiger partial charge in [-0.3, -0.25) is 9.59 Å². The van der Waals surface area contributed by atoms with Gasteiger partial charge in [-0.2, -0.15) is 0 Å². The number of benzene rings is 2. The number of hydrogen-bond donors (Lipinski definition) is 1. The number of carbonyl (C=O) groups excluding carboxylic acids is 2. The highest BCUT2D eigenvalue weighted by Gasteiger charge is 2.71. The van der Waals surface area contributed by atoms with E-state index in [1.165, 1.54) is 21.5 Å². The van der Waals surface area contributed by atoms with Gasteiger partial charge in [-0.1, -0.05) is 59.6 Å². The molecule has 1 aliphatic heterocycles. The summed E-state index contributed by atoms with van der Waals surface area (Å²) in [5.74, 6) is -2.91. The van der Waals surface area contributed by atoms with Crippen LogP contribution in [0.2, 0.25) is 0 Å². The lowest BCUT2D eigenvalue weighted by atomic mass is 9.59. The number of alkyl halides is 2. The minimum absolute atomic E-state index is 0.0101. The molecule has 1 saturated carbocycles. The monoisotopic (exact) mass is 591 g/mol. The highest BCUT2D eigenvalue weighted by atomic mass is 35.5. The summed E-state index contributed by atoms with van der Waals surface area (Å²) in [4.78, 5) is 50.1. The van der Waals surface area contributed by atoms with Crippen molar-refractivity contribution >= 4 is 58.0 Å². The molecule has 6 rings (SSSR count). The zero-order valence-corrected chi connectivity index (χ0v) is 22.3. The number of aromatic nitrogens is 3. The molecular formula is C26H17Cl4N3O5. The van der Waals surface area contributed by atoms with Crippen LogP contribution in [0.4, 0.5) is 0 Å². The standard InChI is InChI=1S/C26H17Cl4N3O5/c27-19-20(28)22(36)26(30)18(13-5-4-8-15(34)11-13)16-9-10-31-23(37)32(14-6-2-1-3-7-14)24(38)33(31)17(16)12-25(26,29)21(19)35/h1-9,11,17-18,34H,10,12H2. The Labute approximate surface area is 234 Å². The molecule has 0 saturated heterocycles. The van der Waals surface area contributed by atoms with Crippen molar-refractivity contribution in [3.8, 4) is 11.4 Å². The Balaban J connectivity index is 1.65. The van der Waals surface area contributed by atoms with Gasteiger partial charge in [0.05, 0.1) is 18.3 Å². The molecule has 4 atom stereocenters. The van der Waals surface area contributed by atoms with Crippen LogP contribution >= 0.6 is 46.4 Å². The Morgan fingerprint density at radius 2 is 1.55 bits per heavy atom. The lowest BCUT2D eigenvalue weighted by Crippen LogP contribution is -2.67. The molecule has 0 amide bonds. The second-order valence-corrected chi connectivity index (χ2v) is 11.4. The Bertz CT molecular complexity index is 1740. The zero-order chi connectivity index (χ0) is 27.1. The van der Waals surface area contributed by atoms with Crippen LogP contribution in [0.5, 0.6) is 5.75 Å². The van der Waals surface area contributed by atoms with Gasteiger partial charge in [-0.15, -0.1) is 23.2 Å². The molecule has 3 aliphatic rings. The van der Waals surface area contributed by atoms with E-state index < -0.39 is 54.7 Å². The normalized spacial score (nSPS) is 28.5. The van der Waals surface area contributed by atoms with E-state index in [4.69, 9.17) is 46.4 Å². The molecule has 38 heavy (non-hydrogen) atoms. The maximum Gasteiger partial charge on any atom is 0.352 e. The largest absolute Gasteiger partial charge is 0.508 e. The minimum atomic E-state index is -2.13. The fourth-order valence-electron chi connectivity index (χ4n) is 5.85. The number of phenolic OH excluding ortho intramolecular Hbond substituents is 1. The highest BCUT2D eigenvalue weighted by Crippen LogP contribution is 2.63. The number of allylic oxidation sites excluding steroid dienone is 4. The van der Waals surface area contributed by atoms with E-state index in [1.807, 2.05) is 0 Å². The molecule has 2 aromatic carbocycles. The van der Waals surface area contributed by atoms with Crippen LogP contribution in [-0.4, -0.2) is 40.4 Å². The number of rotatable bonds is 2. The van der Waals surface area contributed by atoms with Crippen LogP contribution in [0.25, 0.3) is 5.69 Å². The molecule has 12 heteroatoms. The fourth-order valence-corrected chi connectivity index (χ4v) is 7.37. The number of halogens is 4. The van der Waals surface area contributed by atoms with Crippen LogP contribution < -0.4 is 11.4 Å². The van der Waals surface area contributed by atoms with Crippen molar-refractivity contribution in [2.45, 2.75) is 34.7 Å². The van der Waals surface area contributed by atoms with Crippen molar-refractivity contribution in [2.75, 3.05) is 0 Å². The average molecular weight is 593 g/mol. The van der Waals surface area contributed by atoms with Gasteiger partial charge in [-0.05, 0) is 35.4 Å². The first-order chi connectivity index (χ1) is 18.0. The maximum atomic E-state index is 13.7. The molecule has 2 heterocycles. The molecule has 8 nitrogen and oxygen atoms in total. The number of nitrogens with zero attached hydrogens (tertiary/aromatic N) is 3. The van der Waals surface area contributed by atoms with Crippen molar-refractivity contribution in [2.24, 2.45) is 0 Å². The molecule has 3 aromatic rings. The van der Waals surface area contributed by atoms with Crippen LogP contribution in [0.3, 0.4) is 0 Å². The topological polar surface area (TPSA) is 103 Å². The lowest BCUT2D eigenvalue weighted by Gasteiger charge is -2.54. The molecule has 0 bridgehead atoms. The van der Waals surface area contributed by atoms with Crippen LogP contribution in [-0.2, 0) is 16.1 Å². The molecular weight excluding hydrogens is 576 g/mol. The van der Waals surface area contributed by atoms with E-state index in [1.54, 1.807) is 48.5 Å². The predicted molar refractivity (Wildman–Crippen MR) is 143 cm³/mol. The van der Waals surface area contributed by atoms with Crippen molar-refractivity contribution in [3.63, 3.8) is 0 Å². The summed E-state index contributed by atoms with van der Waals surface area (Å²) in [7, 11) is 0. The third-order valence-corrected chi connectivity index (χ3v) is 9.77. The van der Waals surface area contributed by atoms with Gasteiger partial charge in [0, 0.05) is 12.3 Å². The Morgan fingerprint density at radius 3 is 2.24 bits per heavy atom. The third-order valence-electron chi connectivity index (χ3n) is 7.52. The zero-order valence-electron chi connectivity index (χ0n) is 19.3. The van der Waals surface area contributed by atoms with Gasteiger partial charge in [0.15, 0.2) is 11.6 Å². The van der Waals surface area contributed by atoms with Gasteiger partial charge in [0.2, 0.25) is 0 Å².